The molecule has 0 spiro atoms. The van der Waals surface area contributed by atoms with Crippen molar-refractivity contribution in [3.63, 3.8) is 0 Å². The third-order valence-electron chi connectivity index (χ3n) is 5.19. The van der Waals surface area contributed by atoms with Crippen LogP contribution in [0.5, 0.6) is 0 Å². The lowest BCUT2D eigenvalue weighted by Crippen LogP contribution is -2.02. The first kappa shape index (κ1) is 18.5. The highest BCUT2D eigenvalue weighted by molar-refractivity contribution is 7.15. The molecule has 148 valence electrons. The van der Waals surface area contributed by atoms with Crippen LogP contribution in [0.2, 0.25) is 0 Å². The second kappa shape index (κ2) is 7.39. The molecule has 0 saturated heterocycles. The van der Waals surface area contributed by atoms with E-state index >= 15 is 0 Å². The molecule has 5 aromatic rings. The van der Waals surface area contributed by atoms with Crippen molar-refractivity contribution in [2.75, 3.05) is 5.32 Å². The van der Waals surface area contributed by atoms with Crippen LogP contribution in [0.1, 0.15) is 11.1 Å². The maximum atomic E-state index is 14.7. The molecule has 0 radical (unpaired) electrons. The Morgan fingerprint density at radius 2 is 1.73 bits per heavy atom. The lowest BCUT2D eigenvalue weighted by Gasteiger charge is -2.15. The van der Waals surface area contributed by atoms with Crippen molar-refractivity contribution in [1.82, 2.24) is 14.4 Å². The number of para-hydroxylation sites is 1. The number of fused-ring (bicyclic) bond motifs is 1. The summed E-state index contributed by atoms with van der Waals surface area (Å²) in [5, 5.41) is 5.66. The Hall–Kier alpha value is -3.51. The summed E-state index contributed by atoms with van der Waals surface area (Å²) in [4.78, 5) is 9.49. The lowest BCUT2D eigenvalue weighted by atomic mass is 10.1. The number of imidazole rings is 1. The van der Waals surface area contributed by atoms with Gasteiger partial charge in [0.1, 0.15) is 11.5 Å². The standard InChI is InChI=1S/C24H19FN4S/c1-15-7-6-8-16(2)21(15)27-23-22(18-11-12-26-13-19(18)25)28-24-29(23)20(14-30-24)17-9-4-3-5-10-17/h3-14,27H,1-2H3. The van der Waals surface area contributed by atoms with Crippen LogP contribution in [0.4, 0.5) is 15.9 Å². The van der Waals surface area contributed by atoms with E-state index in [1.165, 1.54) is 17.5 Å². The normalized spacial score (nSPS) is 11.2. The van der Waals surface area contributed by atoms with Gasteiger partial charge in [0.05, 0.1) is 11.9 Å². The van der Waals surface area contributed by atoms with Gasteiger partial charge in [-0.2, -0.15) is 0 Å². The molecule has 4 nitrogen and oxygen atoms in total. The molecule has 0 bridgehead atoms. The fourth-order valence-electron chi connectivity index (χ4n) is 3.67. The highest BCUT2D eigenvalue weighted by Crippen LogP contribution is 2.39. The lowest BCUT2D eigenvalue weighted by molar-refractivity contribution is 0.624. The number of nitrogens with one attached hydrogen (secondary N) is 1. The van der Waals surface area contributed by atoms with E-state index in [0.29, 0.717) is 11.3 Å². The number of nitrogens with zero attached hydrogens (tertiary/aromatic N) is 3. The van der Waals surface area contributed by atoms with Crippen molar-refractivity contribution in [1.29, 1.82) is 0 Å². The fourth-order valence-corrected chi connectivity index (χ4v) is 4.57. The summed E-state index contributed by atoms with van der Waals surface area (Å²) in [5.74, 6) is 0.349. The molecular formula is C24H19FN4S. The van der Waals surface area contributed by atoms with Gasteiger partial charge in [0, 0.05) is 22.8 Å². The van der Waals surface area contributed by atoms with Crippen molar-refractivity contribution < 1.29 is 4.39 Å². The third-order valence-corrected chi connectivity index (χ3v) is 6.01. The zero-order valence-electron chi connectivity index (χ0n) is 16.6. The quantitative estimate of drug-likeness (QED) is 0.359. The molecule has 0 unspecified atom stereocenters. The molecule has 1 N–H and O–H groups in total. The molecular weight excluding hydrogens is 395 g/mol. The van der Waals surface area contributed by atoms with Gasteiger partial charge in [0.25, 0.3) is 0 Å². The second-order valence-corrected chi connectivity index (χ2v) is 8.00. The monoisotopic (exact) mass is 414 g/mol. The summed E-state index contributed by atoms with van der Waals surface area (Å²) < 4.78 is 16.7. The van der Waals surface area contributed by atoms with E-state index in [2.05, 4.69) is 58.2 Å². The first-order valence-corrected chi connectivity index (χ1v) is 10.5. The molecule has 0 amide bonds. The van der Waals surface area contributed by atoms with E-state index in [9.17, 15) is 4.39 Å². The minimum Gasteiger partial charge on any atom is -0.339 e. The van der Waals surface area contributed by atoms with E-state index in [1.807, 2.05) is 24.3 Å². The fraction of sp³-hybridized carbons (Fsp3) is 0.0833. The number of hydrogen-bond acceptors (Lipinski definition) is 4. The Morgan fingerprint density at radius 3 is 2.47 bits per heavy atom. The third kappa shape index (κ3) is 3.06. The van der Waals surface area contributed by atoms with E-state index in [-0.39, 0.29) is 0 Å². The summed E-state index contributed by atoms with van der Waals surface area (Å²) in [6, 6.07) is 18.0. The average Bonchev–Trinajstić information content (AvgIpc) is 3.32. The van der Waals surface area contributed by atoms with Crippen LogP contribution in [0, 0.1) is 19.7 Å². The topological polar surface area (TPSA) is 42.2 Å². The van der Waals surface area contributed by atoms with Gasteiger partial charge in [-0.3, -0.25) is 9.38 Å². The SMILES string of the molecule is Cc1cccc(C)c1Nc1c(-c2ccncc2F)nc2scc(-c3ccccc3)n12. The minimum atomic E-state index is -0.394. The highest BCUT2D eigenvalue weighted by atomic mass is 32.1. The molecule has 3 heterocycles. The van der Waals surface area contributed by atoms with Crippen LogP contribution < -0.4 is 5.32 Å². The molecule has 3 aromatic heterocycles. The van der Waals surface area contributed by atoms with Crippen LogP contribution in [-0.2, 0) is 0 Å². The smallest absolute Gasteiger partial charge is 0.196 e. The van der Waals surface area contributed by atoms with Gasteiger partial charge in [-0.15, -0.1) is 11.3 Å². The van der Waals surface area contributed by atoms with Crippen molar-refractivity contribution >= 4 is 27.8 Å². The number of halogens is 1. The largest absolute Gasteiger partial charge is 0.339 e. The van der Waals surface area contributed by atoms with E-state index < -0.39 is 5.82 Å². The van der Waals surface area contributed by atoms with Gasteiger partial charge in [-0.25, -0.2) is 9.37 Å². The van der Waals surface area contributed by atoms with E-state index in [1.54, 1.807) is 12.3 Å². The molecule has 30 heavy (non-hydrogen) atoms. The number of benzene rings is 2. The molecule has 0 atom stereocenters. The summed E-state index contributed by atoms with van der Waals surface area (Å²) >= 11 is 1.54. The molecule has 5 rings (SSSR count). The summed E-state index contributed by atoms with van der Waals surface area (Å²) in [6.45, 7) is 4.12. The molecule has 0 fully saturated rings. The van der Waals surface area contributed by atoms with Crippen LogP contribution in [0.15, 0.2) is 72.4 Å². The van der Waals surface area contributed by atoms with Crippen molar-refractivity contribution in [2.24, 2.45) is 0 Å². The molecule has 0 aliphatic heterocycles. The molecule has 0 aliphatic rings. The zero-order chi connectivity index (χ0) is 20.7. The van der Waals surface area contributed by atoms with Crippen molar-refractivity contribution in [3.05, 3.63) is 89.3 Å². The van der Waals surface area contributed by atoms with Gasteiger partial charge < -0.3 is 5.32 Å². The first-order valence-electron chi connectivity index (χ1n) is 9.62. The molecule has 0 aliphatic carbocycles. The van der Waals surface area contributed by atoms with Gasteiger partial charge in [-0.1, -0.05) is 48.5 Å². The number of hydrogen-bond donors (Lipinski definition) is 1. The minimum absolute atomic E-state index is 0.394. The van der Waals surface area contributed by atoms with Crippen molar-refractivity contribution in [3.8, 4) is 22.5 Å². The number of rotatable bonds is 4. The first-order chi connectivity index (χ1) is 14.6. The second-order valence-electron chi connectivity index (χ2n) is 7.16. The highest BCUT2D eigenvalue weighted by Gasteiger charge is 2.22. The average molecular weight is 415 g/mol. The Balaban J connectivity index is 1.79. The Labute approximate surface area is 177 Å². The summed E-state index contributed by atoms with van der Waals surface area (Å²) in [7, 11) is 0. The Bertz CT molecular complexity index is 1330. The zero-order valence-corrected chi connectivity index (χ0v) is 17.4. The van der Waals surface area contributed by atoms with Crippen LogP contribution in [0.25, 0.3) is 27.5 Å². The molecule has 2 aromatic carbocycles. The van der Waals surface area contributed by atoms with Gasteiger partial charge >= 0.3 is 0 Å². The summed E-state index contributed by atoms with van der Waals surface area (Å²) in [6.07, 6.45) is 2.82. The predicted molar refractivity (Wildman–Crippen MR) is 121 cm³/mol. The van der Waals surface area contributed by atoms with Gasteiger partial charge in [-0.05, 0) is 36.6 Å². The van der Waals surface area contributed by atoms with Gasteiger partial charge in [0.2, 0.25) is 0 Å². The van der Waals surface area contributed by atoms with Crippen LogP contribution >= 0.6 is 11.3 Å². The molecule has 0 saturated carbocycles. The maximum Gasteiger partial charge on any atom is 0.196 e. The number of pyridine rings is 1. The maximum absolute atomic E-state index is 14.7. The summed E-state index contributed by atoms with van der Waals surface area (Å²) in [5.41, 5.74) is 6.31. The van der Waals surface area contributed by atoms with E-state index in [4.69, 9.17) is 4.98 Å². The Morgan fingerprint density at radius 1 is 0.967 bits per heavy atom. The Kier molecular flexibility index (Phi) is 4.56. The van der Waals surface area contributed by atoms with Gasteiger partial charge in [0.15, 0.2) is 10.8 Å². The number of aromatic nitrogens is 3. The van der Waals surface area contributed by atoms with E-state index in [0.717, 1.165) is 38.9 Å². The van der Waals surface area contributed by atoms with Crippen molar-refractivity contribution in [2.45, 2.75) is 13.8 Å². The number of anilines is 2. The number of aryl methyl sites for hydroxylation is 2. The molecule has 6 heteroatoms. The van der Waals surface area contributed by atoms with Crippen LogP contribution in [-0.4, -0.2) is 14.4 Å². The predicted octanol–water partition coefficient (Wildman–Crippen LogP) is 6.62. The number of thiazole rings is 1. The van der Waals surface area contributed by atoms with Crippen LogP contribution in [0.3, 0.4) is 0 Å².